The summed E-state index contributed by atoms with van der Waals surface area (Å²) in [5, 5.41) is 3.32. The molecule has 0 aliphatic rings. The smallest absolute Gasteiger partial charge is 0.117 e. The van der Waals surface area contributed by atoms with Crippen LogP contribution in [0.1, 0.15) is 12.2 Å². The van der Waals surface area contributed by atoms with Crippen molar-refractivity contribution < 1.29 is 4.42 Å². The minimum atomic E-state index is 0. The standard InChI is InChI=1S/C11H15N3O.ClH/c1-3-11(15-8-1)9-12-4-2-6-14-7-5-13-10-14;/h1,3,5,7-8,10,12H,2,4,6,9H2;1H. The third-order valence-electron chi connectivity index (χ3n) is 2.21. The van der Waals surface area contributed by atoms with Gasteiger partial charge in [0.2, 0.25) is 0 Å². The molecule has 0 aromatic carbocycles. The van der Waals surface area contributed by atoms with Crippen molar-refractivity contribution in [3.63, 3.8) is 0 Å². The summed E-state index contributed by atoms with van der Waals surface area (Å²) in [6, 6.07) is 3.88. The molecule has 0 saturated carbocycles. The number of imidazole rings is 1. The van der Waals surface area contributed by atoms with Gasteiger partial charge in [-0.1, -0.05) is 0 Å². The maximum absolute atomic E-state index is 5.21. The van der Waals surface area contributed by atoms with Crippen LogP contribution in [0.5, 0.6) is 0 Å². The normalized spacial score (nSPS) is 10.0. The molecule has 16 heavy (non-hydrogen) atoms. The molecule has 0 bridgehead atoms. The summed E-state index contributed by atoms with van der Waals surface area (Å²) >= 11 is 0. The van der Waals surface area contributed by atoms with E-state index < -0.39 is 0 Å². The van der Waals surface area contributed by atoms with Crippen LogP contribution >= 0.6 is 12.4 Å². The molecule has 0 aliphatic heterocycles. The first-order valence-corrected chi connectivity index (χ1v) is 5.14. The number of aromatic nitrogens is 2. The van der Waals surface area contributed by atoms with E-state index in [1.165, 1.54) is 0 Å². The van der Waals surface area contributed by atoms with E-state index in [1.807, 2.05) is 24.7 Å². The van der Waals surface area contributed by atoms with Crippen molar-refractivity contribution in [3.8, 4) is 0 Å². The van der Waals surface area contributed by atoms with Crippen molar-refractivity contribution in [2.45, 2.75) is 19.5 Å². The summed E-state index contributed by atoms with van der Waals surface area (Å²) < 4.78 is 7.29. The maximum atomic E-state index is 5.21. The van der Waals surface area contributed by atoms with Crippen LogP contribution in [0.15, 0.2) is 41.5 Å². The number of aryl methyl sites for hydroxylation is 1. The first-order valence-electron chi connectivity index (χ1n) is 5.14. The predicted molar refractivity (Wildman–Crippen MR) is 64.5 cm³/mol. The Hall–Kier alpha value is -1.26. The van der Waals surface area contributed by atoms with E-state index in [0.29, 0.717) is 0 Å². The second kappa shape index (κ2) is 7.09. The van der Waals surface area contributed by atoms with Crippen LogP contribution in [-0.2, 0) is 13.1 Å². The van der Waals surface area contributed by atoms with E-state index in [-0.39, 0.29) is 12.4 Å². The van der Waals surface area contributed by atoms with Gasteiger partial charge in [0.25, 0.3) is 0 Å². The van der Waals surface area contributed by atoms with Gasteiger partial charge in [0.15, 0.2) is 0 Å². The molecule has 0 aliphatic carbocycles. The molecule has 0 unspecified atom stereocenters. The summed E-state index contributed by atoms with van der Waals surface area (Å²) in [6.45, 7) is 2.79. The zero-order valence-corrected chi connectivity index (χ0v) is 9.82. The van der Waals surface area contributed by atoms with Crippen molar-refractivity contribution in [1.29, 1.82) is 0 Å². The Bertz CT molecular complexity index is 322. The van der Waals surface area contributed by atoms with Crippen molar-refractivity contribution in [2.75, 3.05) is 6.54 Å². The fourth-order valence-electron chi connectivity index (χ4n) is 1.43. The summed E-state index contributed by atoms with van der Waals surface area (Å²) in [5.41, 5.74) is 0. The Balaban J connectivity index is 0.00000128. The minimum Gasteiger partial charge on any atom is -0.468 e. The zero-order chi connectivity index (χ0) is 10.3. The molecule has 2 aromatic heterocycles. The lowest BCUT2D eigenvalue weighted by atomic mass is 10.4. The molecular formula is C11H16ClN3O. The number of rotatable bonds is 6. The molecule has 2 heterocycles. The summed E-state index contributed by atoms with van der Waals surface area (Å²) in [4.78, 5) is 3.99. The van der Waals surface area contributed by atoms with Crippen LogP contribution in [0.3, 0.4) is 0 Å². The zero-order valence-electron chi connectivity index (χ0n) is 9.00. The number of nitrogens with one attached hydrogen (secondary N) is 1. The number of hydrogen-bond acceptors (Lipinski definition) is 3. The van der Waals surface area contributed by atoms with E-state index in [4.69, 9.17) is 4.42 Å². The van der Waals surface area contributed by atoms with E-state index in [0.717, 1.165) is 31.8 Å². The lowest BCUT2D eigenvalue weighted by Crippen LogP contribution is -2.15. The number of halogens is 1. The highest BCUT2D eigenvalue weighted by Crippen LogP contribution is 1.98. The highest BCUT2D eigenvalue weighted by atomic mass is 35.5. The maximum Gasteiger partial charge on any atom is 0.117 e. The average molecular weight is 242 g/mol. The quantitative estimate of drug-likeness (QED) is 0.788. The van der Waals surface area contributed by atoms with Gasteiger partial charge in [-0.05, 0) is 25.1 Å². The average Bonchev–Trinajstić information content (AvgIpc) is 2.88. The van der Waals surface area contributed by atoms with E-state index in [2.05, 4.69) is 14.9 Å². The monoisotopic (exact) mass is 241 g/mol. The van der Waals surface area contributed by atoms with Crippen molar-refractivity contribution >= 4 is 12.4 Å². The van der Waals surface area contributed by atoms with Crippen molar-refractivity contribution in [2.24, 2.45) is 0 Å². The highest BCUT2D eigenvalue weighted by molar-refractivity contribution is 5.85. The Kier molecular flexibility index (Phi) is 5.67. The molecule has 2 rings (SSSR count). The third kappa shape index (κ3) is 4.08. The molecule has 0 radical (unpaired) electrons. The molecule has 0 atom stereocenters. The van der Waals surface area contributed by atoms with Gasteiger partial charge < -0.3 is 14.3 Å². The topological polar surface area (TPSA) is 43.0 Å². The van der Waals surface area contributed by atoms with Gasteiger partial charge in [-0.3, -0.25) is 0 Å². The first kappa shape index (κ1) is 12.8. The number of furan rings is 1. The SMILES string of the molecule is Cl.c1coc(CNCCCn2ccnc2)c1. The Labute approximate surface area is 101 Å². The Morgan fingerprint density at radius 1 is 1.44 bits per heavy atom. The van der Waals surface area contributed by atoms with Crippen LogP contribution in [0, 0.1) is 0 Å². The molecule has 4 nitrogen and oxygen atoms in total. The molecule has 2 aromatic rings. The van der Waals surface area contributed by atoms with Crippen LogP contribution in [0.4, 0.5) is 0 Å². The van der Waals surface area contributed by atoms with Gasteiger partial charge >= 0.3 is 0 Å². The molecule has 0 fully saturated rings. The molecule has 0 amide bonds. The van der Waals surface area contributed by atoms with Gasteiger partial charge in [0, 0.05) is 18.9 Å². The fourth-order valence-corrected chi connectivity index (χ4v) is 1.43. The van der Waals surface area contributed by atoms with Crippen LogP contribution in [-0.4, -0.2) is 16.1 Å². The fraction of sp³-hybridized carbons (Fsp3) is 0.364. The molecule has 0 saturated heterocycles. The molecular weight excluding hydrogens is 226 g/mol. The van der Waals surface area contributed by atoms with Gasteiger partial charge in [-0.2, -0.15) is 0 Å². The highest BCUT2D eigenvalue weighted by Gasteiger charge is 1.94. The second-order valence-corrected chi connectivity index (χ2v) is 3.41. The van der Waals surface area contributed by atoms with E-state index >= 15 is 0 Å². The third-order valence-corrected chi connectivity index (χ3v) is 2.21. The summed E-state index contributed by atoms with van der Waals surface area (Å²) in [5.74, 6) is 0.984. The van der Waals surface area contributed by atoms with Crippen LogP contribution < -0.4 is 5.32 Å². The molecule has 0 spiro atoms. The van der Waals surface area contributed by atoms with Gasteiger partial charge in [-0.25, -0.2) is 4.98 Å². The minimum absolute atomic E-state index is 0. The Morgan fingerprint density at radius 2 is 2.38 bits per heavy atom. The van der Waals surface area contributed by atoms with Crippen molar-refractivity contribution in [1.82, 2.24) is 14.9 Å². The largest absolute Gasteiger partial charge is 0.468 e. The molecule has 88 valence electrons. The lowest BCUT2D eigenvalue weighted by molar-refractivity contribution is 0.475. The molecule has 5 heteroatoms. The second-order valence-electron chi connectivity index (χ2n) is 3.41. The first-order chi connectivity index (χ1) is 7.45. The van der Waals surface area contributed by atoms with Gasteiger partial charge in [-0.15, -0.1) is 12.4 Å². The lowest BCUT2D eigenvalue weighted by Gasteiger charge is -2.03. The van der Waals surface area contributed by atoms with Crippen LogP contribution in [0.2, 0.25) is 0 Å². The summed E-state index contributed by atoms with van der Waals surface area (Å²) in [7, 11) is 0. The van der Waals surface area contributed by atoms with Crippen molar-refractivity contribution in [3.05, 3.63) is 42.9 Å². The predicted octanol–water partition coefficient (Wildman–Crippen LogP) is 2.08. The van der Waals surface area contributed by atoms with Crippen LogP contribution in [0.25, 0.3) is 0 Å². The number of hydrogen-bond donors (Lipinski definition) is 1. The van der Waals surface area contributed by atoms with Gasteiger partial charge in [0.1, 0.15) is 5.76 Å². The van der Waals surface area contributed by atoms with E-state index in [1.54, 1.807) is 12.5 Å². The Morgan fingerprint density at radius 3 is 3.06 bits per heavy atom. The van der Waals surface area contributed by atoms with Gasteiger partial charge in [0.05, 0.1) is 19.1 Å². The summed E-state index contributed by atoms with van der Waals surface area (Å²) in [6.07, 6.45) is 8.41. The van der Waals surface area contributed by atoms with E-state index in [9.17, 15) is 0 Å². The molecule has 1 N–H and O–H groups in total. The number of nitrogens with zero attached hydrogens (tertiary/aromatic N) is 2.